The highest BCUT2D eigenvalue weighted by molar-refractivity contribution is 4.94. The molecule has 0 aromatic rings. The van der Waals surface area contributed by atoms with Gasteiger partial charge in [-0.05, 0) is 25.5 Å². The minimum absolute atomic E-state index is 0.00370. The van der Waals surface area contributed by atoms with Crippen molar-refractivity contribution in [3.8, 4) is 0 Å². The van der Waals surface area contributed by atoms with E-state index in [0.717, 1.165) is 19.1 Å². The molecule has 0 aromatic heterocycles. The van der Waals surface area contributed by atoms with Gasteiger partial charge in [0.25, 0.3) is 6.43 Å². The van der Waals surface area contributed by atoms with Crippen LogP contribution in [0.2, 0.25) is 0 Å². The lowest BCUT2D eigenvalue weighted by atomic mass is 10.2. The summed E-state index contributed by atoms with van der Waals surface area (Å²) in [7, 11) is 0. The Labute approximate surface area is 70.5 Å². The van der Waals surface area contributed by atoms with Crippen LogP contribution in [0.15, 0.2) is 12.3 Å². The minimum Gasteiger partial charge on any atom is -0.516 e. The molecule has 0 unspecified atom stereocenters. The molecule has 0 saturated carbocycles. The third kappa shape index (κ3) is 2.44. The Balaban J connectivity index is 2.40. The summed E-state index contributed by atoms with van der Waals surface area (Å²) in [6.07, 6.45) is 2.02. The largest absolute Gasteiger partial charge is 0.516 e. The van der Waals surface area contributed by atoms with Crippen LogP contribution in [0.25, 0.3) is 0 Å². The lowest BCUT2D eigenvalue weighted by Crippen LogP contribution is -2.32. The van der Waals surface area contributed by atoms with Crippen molar-refractivity contribution in [3.63, 3.8) is 0 Å². The molecular formula is C8H13F2NO. The molecule has 1 heterocycles. The van der Waals surface area contributed by atoms with Crippen LogP contribution in [0, 0.1) is 0 Å². The molecule has 0 aromatic carbocycles. The quantitative estimate of drug-likeness (QED) is 0.664. The summed E-state index contributed by atoms with van der Waals surface area (Å²) in [5, 5.41) is 8.48. The second kappa shape index (κ2) is 4.40. The molecule has 0 bridgehead atoms. The molecule has 0 spiro atoms. The van der Waals surface area contributed by atoms with Crippen molar-refractivity contribution >= 4 is 0 Å². The molecule has 1 N–H and O–H groups in total. The van der Waals surface area contributed by atoms with Crippen molar-refractivity contribution in [2.45, 2.75) is 25.3 Å². The van der Waals surface area contributed by atoms with Crippen molar-refractivity contribution in [1.29, 1.82) is 0 Å². The van der Waals surface area contributed by atoms with Crippen LogP contribution < -0.4 is 0 Å². The van der Waals surface area contributed by atoms with Gasteiger partial charge in [0.15, 0.2) is 0 Å². The Morgan fingerprint density at radius 3 is 2.92 bits per heavy atom. The average Bonchev–Trinajstić information content (AvgIpc) is 2.37. The van der Waals surface area contributed by atoms with Gasteiger partial charge in [0.05, 0.1) is 12.8 Å². The van der Waals surface area contributed by atoms with Crippen LogP contribution in [0.1, 0.15) is 12.8 Å². The fraction of sp³-hybridized carbons (Fsp3) is 0.750. The fourth-order valence-electron chi connectivity index (χ4n) is 1.57. The predicted molar refractivity (Wildman–Crippen MR) is 42.4 cm³/mol. The molecule has 2 nitrogen and oxygen atoms in total. The number of rotatable bonds is 3. The second-order valence-electron chi connectivity index (χ2n) is 2.94. The van der Waals surface area contributed by atoms with Crippen LogP contribution in [0.4, 0.5) is 8.78 Å². The fourth-order valence-corrected chi connectivity index (χ4v) is 1.57. The third-order valence-corrected chi connectivity index (χ3v) is 2.09. The van der Waals surface area contributed by atoms with Gasteiger partial charge in [-0.3, -0.25) is 4.90 Å². The Morgan fingerprint density at radius 2 is 2.33 bits per heavy atom. The van der Waals surface area contributed by atoms with E-state index in [1.807, 2.05) is 0 Å². The molecule has 1 atom stereocenters. The van der Waals surface area contributed by atoms with Gasteiger partial charge in [0.1, 0.15) is 0 Å². The molecule has 1 aliphatic heterocycles. The maximum Gasteiger partial charge on any atom is 0.251 e. The average molecular weight is 177 g/mol. The van der Waals surface area contributed by atoms with E-state index < -0.39 is 6.43 Å². The molecule has 70 valence electrons. The summed E-state index contributed by atoms with van der Waals surface area (Å²) < 4.78 is 23.9. The molecule has 0 radical (unpaired) electrons. The van der Waals surface area contributed by atoms with E-state index >= 15 is 0 Å². The van der Waals surface area contributed by atoms with E-state index in [9.17, 15) is 8.78 Å². The maximum atomic E-state index is 12.0. The standard InChI is InChI=1S/C8H13F2NO/c9-8(10)6-11-4-1-2-7(11)3-5-12/h3,5,7-8,12H,1-2,4,6H2/b5-3+/t7-/m0/s1. The van der Waals surface area contributed by atoms with Crippen molar-refractivity contribution < 1.29 is 13.9 Å². The van der Waals surface area contributed by atoms with Gasteiger partial charge in [0, 0.05) is 6.04 Å². The van der Waals surface area contributed by atoms with Gasteiger partial charge in [-0.25, -0.2) is 8.78 Å². The number of likely N-dealkylation sites (tertiary alicyclic amines) is 1. The molecule has 1 aliphatic rings. The normalized spacial score (nSPS) is 26.1. The topological polar surface area (TPSA) is 23.5 Å². The van der Waals surface area contributed by atoms with E-state index in [4.69, 9.17) is 5.11 Å². The smallest absolute Gasteiger partial charge is 0.251 e. The van der Waals surface area contributed by atoms with Gasteiger partial charge in [-0.2, -0.15) is 0 Å². The highest BCUT2D eigenvalue weighted by Gasteiger charge is 2.24. The summed E-state index contributed by atoms with van der Waals surface area (Å²) in [4.78, 5) is 1.69. The Bertz CT molecular complexity index is 161. The molecular weight excluding hydrogens is 164 g/mol. The lowest BCUT2D eigenvalue weighted by molar-refractivity contribution is 0.0896. The number of hydrogen-bond acceptors (Lipinski definition) is 2. The van der Waals surface area contributed by atoms with Crippen molar-refractivity contribution in [1.82, 2.24) is 4.90 Å². The van der Waals surface area contributed by atoms with Gasteiger partial charge >= 0.3 is 0 Å². The monoisotopic (exact) mass is 177 g/mol. The van der Waals surface area contributed by atoms with E-state index in [0.29, 0.717) is 6.54 Å². The van der Waals surface area contributed by atoms with E-state index in [-0.39, 0.29) is 12.6 Å². The molecule has 0 aliphatic carbocycles. The van der Waals surface area contributed by atoms with Crippen LogP contribution in [0.5, 0.6) is 0 Å². The summed E-state index contributed by atoms with van der Waals surface area (Å²) in [6.45, 7) is 0.522. The number of aliphatic hydroxyl groups excluding tert-OH is 1. The van der Waals surface area contributed by atoms with E-state index in [1.54, 1.807) is 11.0 Å². The molecule has 1 fully saturated rings. The molecule has 0 amide bonds. The Hall–Kier alpha value is -0.640. The SMILES string of the molecule is O/C=C/[C@@H]1CCCN1CC(F)F. The summed E-state index contributed by atoms with van der Waals surface area (Å²) in [5.74, 6) is 0. The van der Waals surface area contributed by atoms with E-state index in [2.05, 4.69) is 0 Å². The van der Waals surface area contributed by atoms with Crippen molar-refractivity contribution in [2.24, 2.45) is 0 Å². The summed E-state index contributed by atoms with van der Waals surface area (Å²) in [5.41, 5.74) is 0. The summed E-state index contributed by atoms with van der Waals surface area (Å²) in [6, 6.07) is 0.00370. The van der Waals surface area contributed by atoms with Crippen molar-refractivity contribution in [2.75, 3.05) is 13.1 Å². The predicted octanol–water partition coefficient (Wildman–Crippen LogP) is 1.79. The lowest BCUT2D eigenvalue weighted by Gasteiger charge is -2.20. The van der Waals surface area contributed by atoms with E-state index in [1.165, 1.54) is 0 Å². The zero-order chi connectivity index (χ0) is 8.97. The van der Waals surface area contributed by atoms with Gasteiger partial charge < -0.3 is 5.11 Å². The van der Waals surface area contributed by atoms with Crippen LogP contribution >= 0.6 is 0 Å². The Morgan fingerprint density at radius 1 is 1.58 bits per heavy atom. The van der Waals surface area contributed by atoms with Crippen molar-refractivity contribution in [3.05, 3.63) is 12.3 Å². The van der Waals surface area contributed by atoms with Gasteiger partial charge in [-0.15, -0.1) is 0 Å². The number of alkyl halides is 2. The first-order valence-corrected chi connectivity index (χ1v) is 4.07. The zero-order valence-electron chi connectivity index (χ0n) is 6.79. The van der Waals surface area contributed by atoms with Crippen LogP contribution in [0.3, 0.4) is 0 Å². The Kier molecular flexibility index (Phi) is 3.47. The summed E-state index contributed by atoms with van der Waals surface area (Å²) >= 11 is 0. The third-order valence-electron chi connectivity index (χ3n) is 2.09. The zero-order valence-corrected chi connectivity index (χ0v) is 6.79. The first-order valence-electron chi connectivity index (χ1n) is 4.07. The number of nitrogens with zero attached hydrogens (tertiary/aromatic N) is 1. The first-order chi connectivity index (χ1) is 5.74. The molecule has 1 saturated heterocycles. The van der Waals surface area contributed by atoms with Crippen LogP contribution in [-0.4, -0.2) is 35.6 Å². The second-order valence-corrected chi connectivity index (χ2v) is 2.94. The highest BCUT2D eigenvalue weighted by Crippen LogP contribution is 2.18. The molecule has 12 heavy (non-hydrogen) atoms. The van der Waals surface area contributed by atoms with Gasteiger partial charge in [-0.1, -0.05) is 0 Å². The molecule has 4 heteroatoms. The first kappa shape index (κ1) is 9.45. The van der Waals surface area contributed by atoms with Crippen LogP contribution in [-0.2, 0) is 0 Å². The highest BCUT2D eigenvalue weighted by atomic mass is 19.3. The number of halogens is 2. The maximum absolute atomic E-state index is 12.0. The number of aliphatic hydroxyl groups is 1. The minimum atomic E-state index is -2.28. The van der Waals surface area contributed by atoms with Gasteiger partial charge in [0.2, 0.25) is 0 Å². The molecule has 1 rings (SSSR count). The number of hydrogen-bond donors (Lipinski definition) is 1.